The first-order chi connectivity index (χ1) is 8.61. The van der Waals surface area contributed by atoms with E-state index >= 15 is 0 Å². The second-order valence-corrected chi connectivity index (χ2v) is 4.45. The Morgan fingerprint density at radius 3 is 2.61 bits per heavy atom. The number of amides is 1. The van der Waals surface area contributed by atoms with Crippen LogP contribution in [-0.4, -0.2) is 25.2 Å². The fourth-order valence-electron chi connectivity index (χ4n) is 1.52. The molecule has 18 heavy (non-hydrogen) atoms. The summed E-state index contributed by atoms with van der Waals surface area (Å²) >= 11 is 0. The molecule has 1 unspecified atom stereocenters. The standard InChI is InChI=1S/C14H22N2O2/c1-11(2)18-10-6-9-16-14(17)13(15)12-7-4-3-5-8-12/h3-5,7-8,11,13H,6,9-10,15H2,1-2H3,(H,16,17). The normalized spacial score (nSPS) is 12.4. The van der Waals surface area contributed by atoms with E-state index < -0.39 is 6.04 Å². The highest BCUT2D eigenvalue weighted by molar-refractivity contribution is 5.82. The van der Waals surface area contributed by atoms with Crippen molar-refractivity contribution < 1.29 is 9.53 Å². The van der Waals surface area contributed by atoms with Crippen LogP contribution in [0, 0.1) is 0 Å². The van der Waals surface area contributed by atoms with Crippen molar-refractivity contribution in [2.24, 2.45) is 5.73 Å². The van der Waals surface area contributed by atoms with E-state index in [1.54, 1.807) is 0 Å². The van der Waals surface area contributed by atoms with Gasteiger partial charge in [0.2, 0.25) is 5.91 Å². The lowest BCUT2D eigenvalue weighted by molar-refractivity contribution is -0.122. The van der Waals surface area contributed by atoms with Crippen LogP contribution in [0.1, 0.15) is 31.9 Å². The molecule has 0 saturated heterocycles. The Kier molecular flexibility index (Phi) is 6.39. The number of benzene rings is 1. The van der Waals surface area contributed by atoms with Gasteiger partial charge in [0.25, 0.3) is 0 Å². The summed E-state index contributed by atoms with van der Waals surface area (Å²) in [5, 5.41) is 2.81. The molecule has 1 atom stereocenters. The van der Waals surface area contributed by atoms with Gasteiger partial charge in [0.05, 0.1) is 6.10 Å². The maximum absolute atomic E-state index is 11.8. The summed E-state index contributed by atoms with van der Waals surface area (Å²) < 4.78 is 5.39. The van der Waals surface area contributed by atoms with Gasteiger partial charge in [-0.3, -0.25) is 4.79 Å². The van der Waals surface area contributed by atoms with Crippen molar-refractivity contribution >= 4 is 5.91 Å². The smallest absolute Gasteiger partial charge is 0.241 e. The van der Waals surface area contributed by atoms with E-state index in [-0.39, 0.29) is 12.0 Å². The minimum atomic E-state index is -0.600. The van der Waals surface area contributed by atoms with Crippen LogP contribution in [0.15, 0.2) is 30.3 Å². The molecular formula is C14H22N2O2. The zero-order chi connectivity index (χ0) is 13.4. The molecule has 1 aromatic rings. The van der Waals surface area contributed by atoms with Crippen molar-refractivity contribution in [3.05, 3.63) is 35.9 Å². The Balaban J connectivity index is 2.25. The number of ether oxygens (including phenoxy) is 1. The zero-order valence-corrected chi connectivity index (χ0v) is 11.1. The topological polar surface area (TPSA) is 64.3 Å². The third-order valence-corrected chi connectivity index (χ3v) is 2.51. The van der Waals surface area contributed by atoms with Gasteiger partial charge in [0.1, 0.15) is 6.04 Å². The highest BCUT2D eigenvalue weighted by atomic mass is 16.5. The molecule has 3 N–H and O–H groups in total. The minimum absolute atomic E-state index is 0.147. The highest BCUT2D eigenvalue weighted by Gasteiger charge is 2.14. The molecule has 1 amide bonds. The van der Waals surface area contributed by atoms with Crippen molar-refractivity contribution in [1.29, 1.82) is 0 Å². The molecule has 4 nitrogen and oxygen atoms in total. The average molecular weight is 250 g/mol. The van der Waals surface area contributed by atoms with Crippen LogP contribution in [0.25, 0.3) is 0 Å². The van der Waals surface area contributed by atoms with Gasteiger partial charge in [-0.25, -0.2) is 0 Å². The van der Waals surface area contributed by atoms with Gasteiger partial charge < -0.3 is 15.8 Å². The SMILES string of the molecule is CC(C)OCCCNC(=O)C(N)c1ccccc1. The number of rotatable bonds is 7. The van der Waals surface area contributed by atoms with Crippen molar-refractivity contribution in [1.82, 2.24) is 5.32 Å². The van der Waals surface area contributed by atoms with Gasteiger partial charge in [0, 0.05) is 13.2 Å². The van der Waals surface area contributed by atoms with Crippen molar-refractivity contribution in [2.75, 3.05) is 13.2 Å². The number of nitrogens with one attached hydrogen (secondary N) is 1. The van der Waals surface area contributed by atoms with E-state index in [4.69, 9.17) is 10.5 Å². The molecule has 0 aromatic heterocycles. The van der Waals surface area contributed by atoms with Crippen molar-refractivity contribution in [2.45, 2.75) is 32.4 Å². The summed E-state index contributed by atoms with van der Waals surface area (Å²) in [7, 11) is 0. The van der Waals surface area contributed by atoms with Crippen LogP contribution < -0.4 is 11.1 Å². The summed E-state index contributed by atoms with van der Waals surface area (Å²) in [5.41, 5.74) is 6.69. The van der Waals surface area contributed by atoms with E-state index in [1.165, 1.54) is 0 Å². The number of nitrogens with two attached hydrogens (primary N) is 1. The van der Waals surface area contributed by atoms with E-state index in [0.29, 0.717) is 13.2 Å². The molecule has 0 fully saturated rings. The van der Waals surface area contributed by atoms with Gasteiger partial charge in [0.15, 0.2) is 0 Å². The van der Waals surface area contributed by atoms with Gasteiger partial charge in [-0.1, -0.05) is 30.3 Å². The fraction of sp³-hybridized carbons (Fsp3) is 0.500. The maximum Gasteiger partial charge on any atom is 0.241 e. The molecule has 4 heteroatoms. The van der Waals surface area contributed by atoms with Crippen molar-refractivity contribution in [3.63, 3.8) is 0 Å². The summed E-state index contributed by atoms with van der Waals surface area (Å²) in [6.07, 6.45) is 1.03. The maximum atomic E-state index is 11.8. The van der Waals surface area contributed by atoms with E-state index in [2.05, 4.69) is 5.32 Å². The largest absolute Gasteiger partial charge is 0.379 e. The third-order valence-electron chi connectivity index (χ3n) is 2.51. The van der Waals surface area contributed by atoms with Crippen LogP contribution in [0.2, 0.25) is 0 Å². The average Bonchev–Trinajstić information content (AvgIpc) is 2.38. The van der Waals surface area contributed by atoms with E-state index in [0.717, 1.165) is 12.0 Å². The second kappa shape index (κ2) is 7.84. The van der Waals surface area contributed by atoms with Crippen LogP contribution in [0.4, 0.5) is 0 Å². The summed E-state index contributed by atoms with van der Waals surface area (Å²) in [6, 6.07) is 8.75. The van der Waals surface area contributed by atoms with Crippen LogP contribution in [0.5, 0.6) is 0 Å². The van der Waals surface area contributed by atoms with E-state index in [1.807, 2.05) is 44.2 Å². The van der Waals surface area contributed by atoms with Crippen molar-refractivity contribution in [3.8, 4) is 0 Å². The molecule has 0 heterocycles. The number of carbonyl (C=O) groups excluding carboxylic acids is 1. The van der Waals surface area contributed by atoms with Crippen LogP contribution >= 0.6 is 0 Å². The molecule has 1 rings (SSSR count). The summed E-state index contributed by atoms with van der Waals surface area (Å²) in [6.45, 7) is 5.22. The number of hydrogen-bond acceptors (Lipinski definition) is 3. The zero-order valence-electron chi connectivity index (χ0n) is 11.1. The second-order valence-electron chi connectivity index (χ2n) is 4.45. The Hall–Kier alpha value is -1.39. The Labute approximate surface area is 109 Å². The predicted octanol–water partition coefficient (Wildman–Crippen LogP) is 1.62. The van der Waals surface area contributed by atoms with E-state index in [9.17, 15) is 4.79 Å². The minimum Gasteiger partial charge on any atom is -0.379 e. The monoisotopic (exact) mass is 250 g/mol. The first-order valence-corrected chi connectivity index (χ1v) is 6.31. The number of carbonyl (C=O) groups is 1. The molecule has 0 spiro atoms. The Bertz CT molecular complexity index is 352. The molecular weight excluding hydrogens is 228 g/mol. The lowest BCUT2D eigenvalue weighted by Crippen LogP contribution is -2.35. The molecule has 0 aliphatic carbocycles. The van der Waals surface area contributed by atoms with Crippen LogP contribution in [-0.2, 0) is 9.53 Å². The molecule has 0 bridgehead atoms. The molecule has 0 saturated carbocycles. The first-order valence-electron chi connectivity index (χ1n) is 6.31. The summed E-state index contributed by atoms with van der Waals surface area (Å²) in [4.78, 5) is 11.8. The molecule has 0 aliphatic rings. The van der Waals surface area contributed by atoms with Gasteiger partial charge in [-0.15, -0.1) is 0 Å². The molecule has 0 aliphatic heterocycles. The van der Waals surface area contributed by atoms with Crippen LogP contribution in [0.3, 0.4) is 0 Å². The predicted molar refractivity (Wildman–Crippen MR) is 72.1 cm³/mol. The first kappa shape index (κ1) is 14.7. The Morgan fingerprint density at radius 2 is 2.00 bits per heavy atom. The van der Waals surface area contributed by atoms with Gasteiger partial charge in [-0.2, -0.15) is 0 Å². The molecule has 100 valence electrons. The highest BCUT2D eigenvalue weighted by Crippen LogP contribution is 2.08. The molecule has 1 aromatic carbocycles. The lowest BCUT2D eigenvalue weighted by Gasteiger charge is -2.13. The van der Waals surface area contributed by atoms with Gasteiger partial charge in [-0.05, 0) is 25.8 Å². The van der Waals surface area contributed by atoms with Gasteiger partial charge >= 0.3 is 0 Å². The fourth-order valence-corrected chi connectivity index (χ4v) is 1.52. The quantitative estimate of drug-likeness (QED) is 0.723. The Morgan fingerprint density at radius 1 is 1.33 bits per heavy atom. The lowest BCUT2D eigenvalue weighted by atomic mass is 10.1. The number of hydrogen-bond donors (Lipinski definition) is 2. The third kappa shape index (κ3) is 5.29. The molecule has 0 radical (unpaired) electrons. The summed E-state index contributed by atoms with van der Waals surface area (Å²) in [5.74, 6) is -0.147.